The van der Waals surface area contributed by atoms with Gasteiger partial charge < -0.3 is 4.57 Å². The number of rotatable bonds is 2. The Morgan fingerprint density at radius 2 is 2.20 bits per heavy atom. The van der Waals surface area contributed by atoms with E-state index in [2.05, 4.69) is 20.9 Å². The third-order valence-corrected chi connectivity index (χ3v) is 4.25. The minimum Gasteiger partial charge on any atom is -0.314 e. The number of fused-ring (bicyclic) bond motifs is 1. The Morgan fingerprint density at radius 1 is 1.45 bits per heavy atom. The van der Waals surface area contributed by atoms with Crippen LogP contribution < -0.4 is 0 Å². The van der Waals surface area contributed by atoms with E-state index in [9.17, 15) is 9.59 Å². The van der Waals surface area contributed by atoms with E-state index in [0.717, 1.165) is 20.4 Å². The summed E-state index contributed by atoms with van der Waals surface area (Å²) in [7, 11) is 1.50. The van der Waals surface area contributed by atoms with Crippen LogP contribution in [0.15, 0.2) is 22.7 Å². The van der Waals surface area contributed by atoms with Gasteiger partial charge in [-0.25, -0.2) is 4.98 Å². The maximum Gasteiger partial charge on any atom is 0.252 e. The van der Waals surface area contributed by atoms with Crippen molar-refractivity contribution in [3.8, 4) is 0 Å². The number of likely N-dealkylation sites (N-methyl/N-ethyl adjacent to an activating group) is 1. The lowest BCUT2D eigenvalue weighted by Crippen LogP contribution is -2.27. The third kappa shape index (κ3) is 1.94. The molecule has 0 radical (unpaired) electrons. The van der Waals surface area contributed by atoms with E-state index >= 15 is 0 Å². The molecular formula is C13H11BrClN3O2. The van der Waals surface area contributed by atoms with Crippen molar-refractivity contribution in [2.45, 2.75) is 18.3 Å². The Labute approximate surface area is 128 Å². The van der Waals surface area contributed by atoms with Crippen LogP contribution in [0.2, 0.25) is 0 Å². The molecule has 1 atom stereocenters. The molecule has 2 aromatic rings. The standard InChI is InChI=1S/C13H11BrClN3O2/c1-17-12(19)5-10(13(17)20)18-9-4-7(14)2-3-8(9)16-11(18)6-15/h2-4,10H,5-6H2,1H3. The first-order valence-electron chi connectivity index (χ1n) is 6.05. The summed E-state index contributed by atoms with van der Waals surface area (Å²) in [5, 5.41) is 0. The van der Waals surface area contributed by atoms with Gasteiger partial charge in [-0.1, -0.05) is 15.9 Å². The van der Waals surface area contributed by atoms with Crippen molar-refractivity contribution in [3.63, 3.8) is 0 Å². The Morgan fingerprint density at radius 3 is 2.80 bits per heavy atom. The van der Waals surface area contributed by atoms with Crippen molar-refractivity contribution in [1.29, 1.82) is 0 Å². The molecule has 5 nitrogen and oxygen atoms in total. The minimum absolute atomic E-state index is 0.150. The van der Waals surface area contributed by atoms with Crippen LogP contribution in [-0.2, 0) is 15.5 Å². The number of hydrogen-bond acceptors (Lipinski definition) is 3. The van der Waals surface area contributed by atoms with Crippen LogP contribution in [0.1, 0.15) is 18.3 Å². The maximum atomic E-state index is 12.2. The highest BCUT2D eigenvalue weighted by Gasteiger charge is 2.39. The normalized spacial score (nSPS) is 19.4. The summed E-state index contributed by atoms with van der Waals surface area (Å²) >= 11 is 9.35. The van der Waals surface area contributed by atoms with E-state index in [1.807, 2.05) is 18.2 Å². The van der Waals surface area contributed by atoms with E-state index in [0.29, 0.717) is 5.82 Å². The van der Waals surface area contributed by atoms with Crippen LogP contribution in [-0.4, -0.2) is 33.3 Å². The SMILES string of the molecule is CN1C(=O)CC(n2c(CCl)nc3ccc(Br)cc32)C1=O. The maximum absolute atomic E-state index is 12.2. The Hall–Kier alpha value is -1.40. The van der Waals surface area contributed by atoms with E-state index in [-0.39, 0.29) is 24.1 Å². The number of amides is 2. The van der Waals surface area contributed by atoms with Crippen molar-refractivity contribution < 1.29 is 9.59 Å². The van der Waals surface area contributed by atoms with Crippen LogP contribution in [0.25, 0.3) is 11.0 Å². The minimum atomic E-state index is -0.555. The van der Waals surface area contributed by atoms with Crippen molar-refractivity contribution in [2.75, 3.05) is 7.05 Å². The molecule has 2 heterocycles. The number of imidazole rings is 1. The lowest BCUT2D eigenvalue weighted by Gasteiger charge is -2.14. The first-order chi connectivity index (χ1) is 9.52. The second kappa shape index (κ2) is 4.86. The number of carbonyl (C=O) groups excluding carboxylic acids is 2. The molecule has 1 fully saturated rings. The van der Waals surface area contributed by atoms with Gasteiger partial charge in [0.2, 0.25) is 5.91 Å². The molecule has 3 rings (SSSR count). The molecule has 0 bridgehead atoms. The quantitative estimate of drug-likeness (QED) is 0.613. The van der Waals surface area contributed by atoms with Crippen LogP contribution >= 0.6 is 27.5 Å². The van der Waals surface area contributed by atoms with Crippen LogP contribution in [0.4, 0.5) is 0 Å². The van der Waals surface area contributed by atoms with E-state index in [1.54, 1.807) is 4.57 Å². The zero-order chi connectivity index (χ0) is 14.4. The van der Waals surface area contributed by atoms with Crippen molar-refractivity contribution in [2.24, 2.45) is 0 Å². The summed E-state index contributed by atoms with van der Waals surface area (Å²) in [4.78, 5) is 29.5. The number of imide groups is 1. The van der Waals surface area contributed by atoms with Crippen molar-refractivity contribution >= 4 is 50.4 Å². The predicted molar refractivity (Wildman–Crippen MR) is 78.4 cm³/mol. The summed E-state index contributed by atoms with van der Waals surface area (Å²) in [6.45, 7) is 0. The molecule has 0 N–H and O–H groups in total. The molecule has 1 aliphatic rings. The van der Waals surface area contributed by atoms with E-state index < -0.39 is 6.04 Å². The highest BCUT2D eigenvalue weighted by Crippen LogP contribution is 2.31. The fourth-order valence-corrected chi connectivity index (χ4v) is 3.03. The zero-order valence-electron chi connectivity index (χ0n) is 10.6. The van der Waals surface area contributed by atoms with Crippen LogP contribution in [0, 0.1) is 0 Å². The van der Waals surface area contributed by atoms with Gasteiger partial charge in [0.25, 0.3) is 5.91 Å². The van der Waals surface area contributed by atoms with Gasteiger partial charge in [0, 0.05) is 11.5 Å². The summed E-state index contributed by atoms with van der Waals surface area (Å²) in [6.07, 6.45) is 0.150. The van der Waals surface area contributed by atoms with E-state index in [4.69, 9.17) is 11.6 Å². The first kappa shape index (κ1) is 13.6. The number of benzene rings is 1. The first-order valence-corrected chi connectivity index (χ1v) is 7.38. The average molecular weight is 357 g/mol. The number of halogens is 2. The van der Waals surface area contributed by atoms with Gasteiger partial charge in [-0.3, -0.25) is 14.5 Å². The molecule has 7 heteroatoms. The zero-order valence-corrected chi connectivity index (χ0v) is 13.0. The van der Waals surface area contributed by atoms with Gasteiger partial charge in [-0.2, -0.15) is 0 Å². The lowest BCUT2D eigenvalue weighted by molar-refractivity contribution is -0.137. The number of carbonyl (C=O) groups is 2. The molecule has 1 aromatic carbocycles. The number of aromatic nitrogens is 2. The van der Waals surface area contributed by atoms with Gasteiger partial charge in [0.05, 0.1) is 23.3 Å². The Bertz CT molecular complexity index is 728. The molecule has 0 aliphatic carbocycles. The topological polar surface area (TPSA) is 55.2 Å². The molecule has 0 spiro atoms. The lowest BCUT2D eigenvalue weighted by atomic mass is 10.2. The molecule has 1 aromatic heterocycles. The van der Waals surface area contributed by atoms with Crippen molar-refractivity contribution in [1.82, 2.24) is 14.5 Å². The average Bonchev–Trinajstić information content (AvgIpc) is 2.91. The second-order valence-corrected chi connectivity index (χ2v) is 5.86. The summed E-state index contributed by atoms with van der Waals surface area (Å²) in [5.41, 5.74) is 1.56. The number of hydrogen-bond donors (Lipinski definition) is 0. The molecule has 1 unspecified atom stereocenters. The number of alkyl halides is 1. The monoisotopic (exact) mass is 355 g/mol. The highest BCUT2D eigenvalue weighted by molar-refractivity contribution is 9.10. The largest absolute Gasteiger partial charge is 0.314 e. The summed E-state index contributed by atoms with van der Waals surface area (Å²) < 4.78 is 2.66. The fraction of sp³-hybridized carbons (Fsp3) is 0.308. The molecule has 2 amide bonds. The Kier molecular flexibility index (Phi) is 3.30. The molecule has 1 aliphatic heterocycles. The van der Waals surface area contributed by atoms with Gasteiger partial charge in [-0.15, -0.1) is 11.6 Å². The van der Waals surface area contributed by atoms with Crippen LogP contribution in [0.5, 0.6) is 0 Å². The summed E-state index contributed by atoms with van der Waals surface area (Å²) in [5.74, 6) is 0.382. The predicted octanol–water partition coefficient (Wildman–Crippen LogP) is 2.47. The Balaban J connectivity index is 2.22. The third-order valence-electron chi connectivity index (χ3n) is 3.51. The highest BCUT2D eigenvalue weighted by atomic mass is 79.9. The smallest absolute Gasteiger partial charge is 0.252 e. The molecule has 0 saturated carbocycles. The van der Waals surface area contributed by atoms with Crippen LogP contribution in [0.3, 0.4) is 0 Å². The number of nitrogens with zero attached hydrogens (tertiary/aromatic N) is 3. The summed E-state index contributed by atoms with van der Waals surface area (Å²) in [6, 6.07) is 5.07. The molecule has 1 saturated heterocycles. The molecule has 20 heavy (non-hydrogen) atoms. The van der Waals surface area contributed by atoms with E-state index in [1.165, 1.54) is 7.05 Å². The van der Waals surface area contributed by atoms with Gasteiger partial charge in [0.1, 0.15) is 11.9 Å². The molecular weight excluding hydrogens is 346 g/mol. The fourth-order valence-electron chi connectivity index (χ4n) is 2.50. The number of likely N-dealkylation sites (tertiary alicyclic amines) is 1. The van der Waals surface area contributed by atoms with Gasteiger partial charge in [-0.05, 0) is 18.2 Å². The van der Waals surface area contributed by atoms with Gasteiger partial charge in [0.15, 0.2) is 0 Å². The van der Waals surface area contributed by atoms with Crippen molar-refractivity contribution in [3.05, 3.63) is 28.5 Å². The van der Waals surface area contributed by atoms with Gasteiger partial charge >= 0.3 is 0 Å². The molecule has 104 valence electrons. The second-order valence-electron chi connectivity index (χ2n) is 4.68.